The van der Waals surface area contributed by atoms with Crippen LogP contribution in [0, 0.1) is 0 Å². The number of anilines is 3. The summed E-state index contributed by atoms with van der Waals surface area (Å²) in [4.78, 5) is 2.44. The summed E-state index contributed by atoms with van der Waals surface area (Å²) in [5, 5.41) is 9.79. The van der Waals surface area contributed by atoms with Crippen LogP contribution in [0.4, 0.5) is 17.1 Å². The van der Waals surface area contributed by atoms with Crippen molar-refractivity contribution in [3.63, 3.8) is 0 Å². The van der Waals surface area contributed by atoms with Gasteiger partial charge in [-0.15, -0.1) is 11.3 Å². The van der Waals surface area contributed by atoms with E-state index in [-0.39, 0.29) is 0 Å². The van der Waals surface area contributed by atoms with Gasteiger partial charge in [0, 0.05) is 36.8 Å². The SMILES string of the molecule is c1ccc(-c2ccc(N(c3ccc(-c4ccc5ccc6ccccc6c5c4)cc3)c3cccc4sc5ccccc5c34)c3c2oc2ccccc23)cc1. The van der Waals surface area contributed by atoms with Gasteiger partial charge < -0.3 is 9.32 Å². The second-order valence-corrected chi connectivity index (χ2v) is 14.7. The van der Waals surface area contributed by atoms with E-state index in [9.17, 15) is 0 Å². The molecule has 0 bridgehead atoms. The van der Waals surface area contributed by atoms with Crippen molar-refractivity contribution >= 4 is 92.1 Å². The minimum Gasteiger partial charge on any atom is -0.455 e. The molecule has 0 aliphatic carbocycles. The highest BCUT2D eigenvalue weighted by atomic mass is 32.1. The fourth-order valence-corrected chi connectivity index (χ4v) is 9.30. The minimum absolute atomic E-state index is 0.880. The molecule has 9 aromatic carbocycles. The smallest absolute Gasteiger partial charge is 0.145 e. The van der Waals surface area contributed by atoms with E-state index in [1.54, 1.807) is 0 Å². The average molecular weight is 694 g/mol. The number of nitrogens with zero attached hydrogens (tertiary/aromatic N) is 1. The zero-order valence-electron chi connectivity index (χ0n) is 28.7. The van der Waals surface area contributed by atoms with Crippen LogP contribution < -0.4 is 4.90 Å². The van der Waals surface area contributed by atoms with Gasteiger partial charge in [0.05, 0.1) is 16.8 Å². The first kappa shape index (κ1) is 30.0. The Hall–Kier alpha value is -6.68. The molecular weight excluding hydrogens is 663 g/mol. The quantitative estimate of drug-likeness (QED) is 0.167. The predicted molar refractivity (Wildman–Crippen MR) is 227 cm³/mol. The van der Waals surface area contributed by atoms with Crippen molar-refractivity contribution in [1.29, 1.82) is 0 Å². The summed E-state index contributed by atoms with van der Waals surface area (Å²) in [5.74, 6) is 0. The van der Waals surface area contributed by atoms with Crippen molar-refractivity contribution in [1.82, 2.24) is 0 Å². The Morgan fingerprint density at radius 3 is 1.92 bits per heavy atom. The highest BCUT2D eigenvalue weighted by molar-refractivity contribution is 7.26. The molecule has 0 aliphatic rings. The molecule has 3 heteroatoms. The second kappa shape index (κ2) is 11.9. The molecule has 11 rings (SSSR count). The van der Waals surface area contributed by atoms with Crippen molar-refractivity contribution in [2.75, 3.05) is 4.90 Å². The fraction of sp³-hybridized carbons (Fsp3) is 0. The van der Waals surface area contributed by atoms with Gasteiger partial charge in [0.2, 0.25) is 0 Å². The lowest BCUT2D eigenvalue weighted by Crippen LogP contribution is -2.11. The topological polar surface area (TPSA) is 16.4 Å². The lowest BCUT2D eigenvalue weighted by molar-refractivity contribution is 0.670. The van der Waals surface area contributed by atoms with Crippen LogP contribution in [0.3, 0.4) is 0 Å². The summed E-state index contributed by atoms with van der Waals surface area (Å²) < 4.78 is 9.31. The maximum Gasteiger partial charge on any atom is 0.145 e. The molecule has 2 nitrogen and oxygen atoms in total. The fourth-order valence-electron chi connectivity index (χ4n) is 8.18. The Balaban J connectivity index is 1.16. The van der Waals surface area contributed by atoms with E-state index in [0.717, 1.165) is 50.1 Å². The van der Waals surface area contributed by atoms with E-state index < -0.39 is 0 Å². The van der Waals surface area contributed by atoms with E-state index in [2.05, 4.69) is 193 Å². The number of furan rings is 1. The molecule has 0 atom stereocenters. The Kier molecular flexibility index (Phi) is 6.76. The average Bonchev–Trinajstić information content (AvgIpc) is 3.81. The predicted octanol–water partition coefficient (Wildman–Crippen LogP) is 15.1. The van der Waals surface area contributed by atoms with Crippen LogP contribution in [0.25, 0.3) is 85.9 Å². The Morgan fingerprint density at radius 1 is 0.396 bits per heavy atom. The third kappa shape index (κ3) is 4.78. The number of benzene rings is 9. The van der Waals surface area contributed by atoms with Crippen LogP contribution in [0.15, 0.2) is 192 Å². The van der Waals surface area contributed by atoms with Crippen molar-refractivity contribution in [3.8, 4) is 22.3 Å². The van der Waals surface area contributed by atoms with Crippen LogP contribution in [0.5, 0.6) is 0 Å². The van der Waals surface area contributed by atoms with Crippen molar-refractivity contribution in [3.05, 3.63) is 188 Å². The summed E-state index contributed by atoms with van der Waals surface area (Å²) in [5.41, 5.74) is 9.68. The van der Waals surface area contributed by atoms with E-state index in [1.165, 1.54) is 52.8 Å². The molecule has 2 heterocycles. The normalized spacial score (nSPS) is 11.8. The molecule has 0 saturated carbocycles. The van der Waals surface area contributed by atoms with Crippen molar-refractivity contribution in [2.24, 2.45) is 0 Å². The van der Waals surface area contributed by atoms with Crippen LogP contribution in [-0.2, 0) is 0 Å². The molecule has 2 aromatic heterocycles. The maximum absolute atomic E-state index is 6.76. The molecule has 0 spiro atoms. The molecule has 0 fully saturated rings. The summed E-state index contributed by atoms with van der Waals surface area (Å²) in [6.07, 6.45) is 0. The van der Waals surface area contributed by atoms with Gasteiger partial charge in [-0.3, -0.25) is 0 Å². The van der Waals surface area contributed by atoms with Crippen LogP contribution in [-0.4, -0.2) is 0 Å². The van der Waals surface area contributed by atoms with Gasteiger partial charge in [-0.2, -0.15) is 0 Å². The van der Waals surface area contributed by atoms with Crippen LogP contribution in [0.1, 0.15) is 0 Å². The molecule has 53 heavy (non-hydrogen) atoms. The number of para-hydroxylation sites is 1. The standard InChI is InChI=1S/C50H31NOS/c1-2-11-33(12-3-1)39-29-30-44(49-40-15-6-8-18-45(40)52-50(39)49)51(43-17-10-20-47-48(43)41-16-7-9-19-46(41)53-47)37-27-25-32(26-28-37)36-24-23-35-22-21-34-13-4-5-14-38(34)42(35)31-36/h1-31H. The Bertz CT molecular complexity index is 3170. The third-order valence-corrected chi connectivity index (χ3v) is 11.8. The van der Waals surface area contributed by atoms with E-state index in [0.29, 0.717) is 0 Å². The van der Waals surface area contributed by atoms with E-state index >= 15 is 0 Å². The molecule has 248 valence electrons. The maximum atomic E-state index is 6.76. The molecule has 0 N–H and O–H groups in total. The first-order valence-electron chi connectivity index (χ1n) is 18.0. The zero-order chi connectivity index (χ0) is 34.9. The monoisotopic (exact) mass is 693 g/mol. The lowest BCUT2D eigenvalue weighted by Gasteiger charge is -2.28. The van der Waals surface area contributed by atoms with Gasteiger partial charge in [0.25, 0.3) is 0 Å². The summed E-state index contributed by atoms with van der Waals surface area (Å²) in [6, 6.07) is 67.9. The van der Waals surface area contributed by atoms with E-state index in [4.69, 9.17) is 4.42 Å². The molecule has 11 aromatic rings. The Labute approximate surface area is 310 Å². The number of fused-ring (bicyclic) bond motifs is 9. The first-order valence-corrected chi connectivity index (χ1v) is 18.8. The van der Waals surface area contributed by atoms with Gasteiger partial charge >= 0.3 is 0 Å². The van der Waals surface area contributed by atoms with E-state index in [1.807, 2.05) is 11.3 Å². The molecule has 0 radical (unpaired) electrons. The molecule has 0 saturated heterocycles. The molecular formula is C50H31NOS. The van der Waals surface area contributed by atoms with Crippen molar-refractivity contribution in [2.45, 2.75) is 0 Å². The zero-order valence-corrected chi connectivity index (χ0v) is 29.5. The molecule has 0 unspecified atom stereocenters. The summed E-state index contributed by atoms with van der Waals surface area (Å²) in [6.45, 7) is 0. The highest BCUT2D eigenvalue weighted by Gasteiger charge is 2.24. The number of thiophene rings is 1. The van der Waals surface area contributed by atoms with Crippen LogP contribution >= 0.6 is 11.3 Å². The first-order chi connectivity index (χ1) is 26.3. The highest BCUT2D eigenvalue weighted by Crippen LogP contribution is 2.49. The van der Waals surface area contributed by atoms with Gasteiger partial charge in [-0.25, -0.2) is 0 Å². The van der Waals surface area contributed by atoms with Crippen LogP contribution in [0.2, 0.25) is 0 Å². The molecule has 0 aliphatic heterocycles. The number of hydrogen-bond acceptors (Lipinski definition) is 3. The van der Waals surface area contributed by atoms with Gasteiger partial charge in [-0.05, 0) is 92.8 Å². The number of rotatable bonds is 5. The van der Waals surface area contributed by atoms with Gasteiger partial charge in [0.1, 0.15) is 11.2 Å². The second-order valence-electron chi connectivity index (χ2n) is 13.7. The third-order valence-electron chi connectivity index (χ3n) is 10.7. The summed E-state index contributed by atoms with van der Waals surface area (Å²) >= 11 is 1.85. The number of hydrogen-bond donors (Lipinski definition) is 0. The largest absolute Gasteiger partial charge is 0.455 e. The lowest BCUT2D eigenvalue weighted by atomic mass is 9.96. The summed E-state index contributed by atoms with van der Waals surface area (Å²) in [7, 11) is 0. The minimum atomic E-state index is 0.880. The van der Waals surface area contributed by atoms with Gasteiger partial charge in [-0.1, -0.05) is 133 Å². The molecule has 0 amide bonds. The van der Waals surface area contributed by atoms with Crippen molar-refractivity contribution < 1.29 is 4.42 Å². The van der Waals surface area contributed by atoms with Gasteiger partial charge in [0.15, 0.2) is 0 Å². The Morgan fingerprint density at radius 2 is 1.06 bits per heavy atom.